The summed E-state index contributed by atoms with van der Waals surface area (Å²) in [4.78, 5) is 2.41. The average molecular weight is 278 g/mol. The normalized spacial score (nSPS) is 14.8. The molecule has 0 heterocycles. The third-order valence-electron chi connectivity index (χ3n) is 3.80. The molecule has 20 heavy (non-hydrogen) atoms. The zero-order valence-electron chi connectivity index (χ0n) is 13.6. The number of hydrogen-bond donors (Lipinski definition) is 1. The van der Waals surface area contributed by atoms with Gasteiger partial charge in [-0.3, -0.25) is 4.90 Å². The summed E-state index contributed by atoms with van der Waals surface area (Å²) in [6, 6.07) is 11.5. The Morgan fingerprint density at radius 2 is 1.85 bits per heavy atom. The third kappa shape index (κ3) is 4.89. The molecule has 1 aromatic carbocycles. The maximum atomic E-state index is 5.49. The van der Waals surface area contributed by atoms with E-state index in [0.717, 1.165) is 19.8 Å². The molecule has 2 atom stereocenters. The summed E-state index contributed by atoms with van der Waals surface area (Å²) < 4.78 is 5.49. The van der Waals surface area contributed by atoms with Gasteiger partial charge < -0.3 is 10.1 Å². The summed E-state index contributed by atoms with van der Waals surface area (Å²) in [6.07, 6.45) is 0. The molecule has 0 amide bonds. The molecule has 0 bridgehead atoms. The maximum absolute atomic E-state index is 5.49. The second-order valence-electron chi connectivity index (χ2n) is 5.59. The summed E-state index contributed by atoms with van der Waals surface area (Å²) in [5.74, 6) is 0.569. The van der Waals surface area contributed by atoms with Crippen LogP contribution in [0.3, 0.4) is 0 Å². The molecule has 2 unspecified atom stereocenters. The molecule has 1 rings (SSSR count). The molecular formula is C17H30N2O. The fourth-order valence-electron chi connectivity index (χ4n) is 2.85. The first-order valence-corrected chi connectivity index (χ1v) is 7.62. The van der Waals surface area contributed by atoms with Crippen LogP contribution in [0.1, 0.15) is 32.4 Å². The Bertz CT molecular complexity index is 353. The highest BCUT2D eigenvalue weighted by atomic mass is 16.5. The first-order chi connectivity index (χ1) is 9.61. The first-order valence-electron chi connectivity index (χ1n) is 7.62. The molecule has 114 valence electrons. The summed E-state index contributed by atoms with van der Waals surface area (Å²) in [5.41, 5.74) is 1.34. The minimum absolute atomic E-state index is 0.336. The Morgan fingerprint density at radius 1 is 1.20 bits per heavy atom. The van der Waals surface area contributed by atoms with Crippen LogP contribution in [-0.4, -0.2) is 44.8 Å². The second-order valence-corrected chi connectivity index (χ2v) is 5.59. The van der Waals surface area contributed by atoms with E-state index in [9.17, 15) is 0 Å². The fraction of sp³-hybridized carbons (Fsp3) is 0.647. The highest BCUT2D eigenvalue weighted by Gasteiger charge is 2.28. The van der Waals surface area contributed by atoms with E-state index in [4.69, 9.17) is 4.74 Å². The van der Waals surface area contributed by atoms with Gasteiger partial charge in [-0.1, -0.05) is 44.2 Å². The van der Waals surface area contributed by atoms with Gasteiger partial charge in [-0.05, 0) is 32.5 Å². The molecule has 0 aromatic heterocycles. The highest BCUT2D eigenvalue weighted by Crippen LogP contribution is 2.25. The largest absolute Gasteiger partial charge is 0.380 e. The van der Waals surface area contributed by atoms with Crippen molar-refractivity contribution in [2.75, 3.05) is 33.9 Å². The molecule has 0 saturated carbocycles. The van der Waals surface area contributed by atoms with Crippen LogP contribution in [-0.2, 0) is 4.74 Å². The number of hydrogen-bond acceptors (Lipinski definition) is 3. The zero-order valence-corrected chi connectivity index (χ0v) is 13.6. The molecule has 3 nitrogen and oxygen atoms in total. The number of nitrogens with zero attached hydrogens (tertiary/aromatic N) is 1. The Kier molecular flexibility index (Phi) is 7.82. The van der Waals surface area contributed by atoms with E-state index < -0.39 is 0 Å². The lowest BCUT2D eigenvalue weighted by atomic mass is 9.90. The van der Waals surface area contributed by atoms with E-state index in [1.165, 1.54) is 5.56 Å². The smallest absolute Gasteiger partial charge is 0.0593 e. The highest BCUT2D eigenvalue weighted by molar-refractivity contribution is 5.21. The van der Waals surface area contributed by atoms with Gasteiger partial charge in [0.25, 0.3) is 0 Å². The van der Waals surface area contributed by atoms with Crippen LogP contribution < -0.4 is 5.32 Å². The minimum atomic E-state index is 0.336. The third-order valence-corrected chi connectivity index (χ3v) is 3.80. The van der Waals surface area contributed by atoms with Crippen LogP contribution in [0.5, 0.6) is 0 Å². The van der Waals surface area contributed by atoms with Gasteiger partial charge in [0.15, 0.2) is 0 Å². The Hall–Kier alpha value is -0.900. The lowest BCUT2D eigenvalue weighted by Gasteiger charge is -2.37. The Morgan fingerprint density at radius 3 is 2.35 bits per heavy atom. The molecule has 1 aromatic rings. The van der Waals surface area contributed by atoms with Crippen molar-refractivity contribution in [3.8, 4) is 0 Å². The Labute approximate surface area is 124 Å². The van der Waals surface area contributed by atoms with Crippen LogP contribution in [0.15, 0.2) is 30.3 Å². The molecule has 3 heteroatoms. The summed E-state index contributed by atoms with van der Waals surface area (Å²) in [5, 5.41) is 3.49. The quantitative estimate of drug-likeness (QED) is 0.703. The molecule has 0 aliphatic carbocycles. The van der Waals surface area contributed by atoms with Gasteiger partial charge in [0.2, 0.25) is 0 Å². The lowest BCUT2D eigenvalue weighted by molar-refractivity contribution is 0.0829. The van der Waals surface area contributed by atoms with E-state index in [0.29, 0.717) is 18.0 Å². The van der Waals surface area contributed by atoms with E-state index >= 15 is 0 Å². The summed E-state index contributed by atoms with van der Waals surface area (Å²) >= 11 is 0. The van der Waals surface area contributed by atoms with Crippen LogP contribution in [0.2, 0.25) is 0 Å². The van der Waals surface area contributed by atoms with Crippen LogP contribution in [0.25, 0.3) is 0 Å². The molecule has 0 aliphatic rings. The predicted molar refractivity (Wildman–Crippen MR) is 86.0 cm³/mol. The maximum Gasteiger partial charge on any atom is 0.0593 e. The zero-order chi connectivity index (χ0) is 15.0. The van der Waals surface area contributed by atoms with Crippen molar-refractivity contribution in [3.05, 3.63) is 35.9 Å². The molecule has 1 N–H and O–H groups in total. The van der Waals surface area contributed by atoms with Gasteiger partial charge in [0.1, 0.15) is 0 Å². The lowest BCUT2D eigenvalue weighted by Crippen LogP contribution is -2.46. The van der Waals surface area contributed by atoms with Crippen LogP contribution in [0.4, 0.5) is 0 Å². The molecule has 0 saturated heterocycles. The van der Waals surface area contributed by atoms with Crippen LogP contribution in [0, 0.1) is 5.92 Å². The molecule has 0 radical (unpaired) electrons. The van der Waals surface area contributed by atoms with Gasteiger partial charge in [-0.15, -0.1) is 0 Å². The topological polar surface area (TPSA) is 24.5 Å². The second kappa shape index (κ2) is 9.11. The van der Waals surface area contributed by atoms with Gasteiger partial charge in [0, 0.05) is 25.2 Å². The number of likely N-dealkylation sites (N-methyl/N-ethyl adjacent to an activating group) is 2. The van der Waals surface area contributed by atoms with Crippen molar-refractivity contribution in [2.45, 2.75) is 32.9 Å². The summed E-state index contributed by atoms with van der Waals surface area (Å²) in [6.45, 7) is 9.15. The predicted octanol–water partition coefficient (Wildman–Crippen LogP) is 2.94. The van der Waals surface area contributed by atoms with E-state index in [1.54, 1.807) is 0 Å². The number of nitrogens with one attached hydrogen (secondary N) is 1. The van der Waals surface area contributed by atoms with Crippen molar-refractivity contribution in [1.29, 1.82) is 0 Å². The number of rotatable bonds is 9. The van der Waals surface area contributed by atoms with Gasteiger partial charge in [0.05, 0.1) is 6.61 Å². The average Bonchev–Trinajstić information content (AvgIpc) is 2.45. The Balaban J connectivity index is 2.82. The van der Waals surface area contributed by atoms with Crippen molar-refractivity contribution < 1.29 is 4.74 Å². The van der Waals surface area contributed by atoms with Gasteiger partial charge >= 0.3 is 0 Å². The first kappa shape index (κ1) is 17.2. The molecule has 0 fully saturated rings. The summed E-state index contributed by atoms with van der Waals surface area (Å²) in [7, 11) is 4.24. The van der Waals surface area contributed by atoms with Gasteiger partial charge in [-0.25, -0.2) is 0 Å². The van der Waals surface area contributed by atoms with Crippen LogP contribution >= 0.6 is 0 Å². The van der Waals surface area contributed by atoms with E-state index in [1.807, 2.05) is 14.0 Å². The number of benzene rings is 1. The van der Waals surface area contributed by atoms with E-state index in [2.05, 4.69) is 61.4 Å². The van der Waals surface area contributed by atoms with E-state index in [-0.39, 0.29) is 0 Å². The molecule has 0 aliphatic heterocycles. The van der Waals surface area contributed by atoms with Crippen molar-refractivity contribution >= 4 is 0 Å². The molecule has 0 spiro atoms. The molecular weight excluding hydrogens is 248 g/mol. The number of ether oxygens (including phenoxy) is 1. The SMILES string of the molecule is CCOCCN(C)C(C(C)C)C(NC)c1ccccc1. The fourth-order valence-corrected chi connectivity index (χ4v) is 2.85. The standard InChI is InChI=1S/C17H30N2O/c1-6-20-13-12-19(5)17(14(2)3)16(18-4)15-10-8-7-9-11-15/h7-11,14,16-18H,6,12-13H2,1-5H3. The van der Waals surface area contributed by atoms with Crippen molar-refractivity contribution in [3.63, 3.8) is 0 Å². The van der Waals surface area contributed by atoms with Crippen molar-refractivity contribution in [1.82, 2.24) is 10.2 Å². The minimum Gasteiger partial charge on any atom is -0.380 e. The van der Waals surface area contributed by atoms with Gasteiger partial charge in [-0.2, -0.15) is 0 Å². The monoisotopic (exact) mass is 278 g/mol. The van der Waals surface area contributed by atoms with Crippen molar-refractivity contribution in [2.24, 2.45) is 5.92 Å².